The number of hydrogen-bond acceptors (Lipinski definition) is 3. The second kappa shape index (κ2) is 5.72. The molecule has 0 aliphatic carbocycles. The minimum atomic E-state index is -2.70. The Morgan fingerprint density at radius 2 is 2.31 bits per heavy atom. The first-order valence-corrected chi connectivity index (χ1v) is 5.73. The van der Waals surface area contributed by atoms with Crippen molar-refractivity contribution in [1.82, 2.24) is 4.98 Å². The molecule has 0 aliphatic rings. The Bertz CT molecular complexity index is 415. The summed E-state index contributed by atoms with van der Waals surface area (Å²) in [6.07, 6.45) is -1.75. The van der Waals surface area contributed by atoms with Gasteiger partial charge < -0.3 is 4.74 Å². The Labute approximate surface area is 109 Å². The van der Waals surface area contributed by atoms with Crippen molar-refractivity contribution in [2.45, 2.75) is 13.3 Å². The molecule has 0 atom stereocenters. The molecule has 1 aromatic rings. The summed E-state index contributed by atoms with van der Waals surface area (Å²) in [5, 5.41) is -0.132. The van der Waals surface area contributed by atoms with Crippen LogP contribution in [0.2, 0.25) is 5.15 Å². The number of nitrogens with zero attached hydrogens (tertiary/aromatic N) is 1. The van der Waals surface area contributed by atoms with Crippen molar-refractivity contribution in [3.63, 3.8) is 0 Å². The standard InChI is InChI=1S/C9H7ClF2INO2/c1-2-16-9(15)5-6(13)4(8(11)12)3-14-7(5)10/h3,8H,2H2,1H3. The third kappa shape index (κ3) is 2.79. The van der Waals surface area contributed by atoms with Gasteiger partial charge >= 0.3 is 5.97 Å². The fourth-order valence-corrected chi connectivity index (χ4v) is 2.24. The Morgan fingerprint density at radius 1 is 1.69 bits per heavy atom. The Hall–Kier alpha value is -0.500. The summed E-state index contributed by atoms with van der Waals surface area (Å²) in [7, 11) is 0. The van der Waals surface area contributed by atoms with E-state index in [2.05, 4.69) is 4.98 Å². The highest BCUT2D eigenvalue weighted by atomic mass is 127. The quantitative estimate of drug-likeness (QED) is 0.470. The van der Waals surface area contributed by atoms with E-state index in [-0.39, 0.29) is 26.5 Å². The highest BCUT2D eigenvalue weighted by Crippen LogP contribution is 2.29. The zero-order valence-corrected chi connectivity index (χ0v) is 11.1. The zero-order chi connectivity index (χ0) is 12.3. The van der Waals surface area contributed by atoms with Crippen LogP contribution in [0, 0.1) is 3.57 Å². The van der Waals surface area contributed by atoms with Crippen molar-refractivity contribution in [3.05, 3.63) is 26.0 Å². The average Bonchev–Trinajstić information content (AvgIpc) is 2.17. The molecule has 1 rings (SSSR count). The lowest BCUT2D eigenvalue weighted by Crippen LogP contribution is -2.10. The lowest BCUT2D eigenvalue weighted by Gasteiger charge is -2.09. The molecule has 3 nitrogen and oxygen atoms in total. The van der Waals surface area contributed by atoms with Gasteiger partial charge in [0.15, 0.2) is 0 Å². The lowest BCUT2D eigenvalue weighted by atomic mass is 10.2. The summed E-state index contributed by atoms with van der Waals surface area (Å²) in [5.74, 6) is -0.744. The minimum absolute atomic E-state index is 0.0750. The molecule has 1 aromatic heterocycles. The van der Waals surface area contributed by atoms with E-state index in [4.69, 9.17) is 16.3 Å². The monoisotopic (exact) mass is 361 g/mol. The minimum Gasteiger partial charge on any atom is -0.462 e. The van der Waals surface area contributed by atoms with Crippen LogP contribution in [-0.2, 0) is 4.74 Å². The maximum Gasteiger partial charge on any atom is 0.342 e. The summed E-state index contributed by atoms with van der Waals surface area (Å²) in [6, 6.07) is 0. The van der Waals surface area contributed by atoms with Crippen LogP contribution >= 0.6 is 34.2 Å². The van der Waals surface area contributed by atoms with E-state index in [1.54, 1.807) is 29.5 Å². The van der Waals surface area contributed by atoms with Crippen LogP contribution in [0.25, 0.3) is 0 Å². The van der Waals surface area contributed by atoms with Crippen LogP contribution < -0.4 is 0 Å². The lowest BCUT2D eigenvalue weighted by molar-refractivity contribution is 0.0524. The molecule has 16 heavy (non-hydrogen) atoms. The first-order valence-electron chi connectivity index (χ1n) is 4.28. The summed E-state index contributed by atoms with van der Waals surface area (Å²) >= 11 is 7.31. The summed E-state index contributed by atoms with van der Waals surface area (Å²) in [4.78, 5) is 15.0. The van der Waals surface area contributed by atoms with Gasteiger partial charge in [-0.1, -0.05) is 11.6 Å². The van der Waals surface area contributed by atoms with Gasteiger partial charge in [0.2, 0.25) is 0 Å². The van der Waals surface area contributed by atoms with E-state index in [1.165, 1.54) is 0 Å². The molecule has 0 bridgehead atoms. The number of aromatic nitrogens is 1. The van der Waals surface area contributed by atoms with Crippen molar-refractivity contribution in [3.8, 4) is 0 Å². The molecule has 0 radical (unpaired) electrons. The molecule has 0 fully saturated rings. The summed E-state index contributed by atoms with van der Waals surface area (Å²) in [6.45, 7) is 1.76. The molecule has 7 heteroatoms. The third-order valence-corrected chi connectivity index (χ3v) is 3.16. The third-order valence-electron chi connectivity index (χ3n) is 1.71. The smallest absolute Gasteiger partial charge is 0.342 e. The second-order valence-electron chi connectivity index (χ2n) is 2.71. The van der Waals surface area contributed by atoms with Gasteiger partial charge in [-0.15, -0.1) is 0 Å². The van der Waals surface area contributed by atoms with Gasteiger partial charge in [-0.2, -0.15) is 0 Å². The zero-order valence-electron chi connectivity index (χ0n) is 8.14. The summed E-state index contributed by atoms with van der Waals surface area (Å²) < 4.78 is 29.9. The Morgan fingerprint density at radius 3 is 2.81 bits per heavy atom. The van der Waals surface area contributed by atoms with Gasteiger partial charge in [0.25, 0.3) is 6.43 Å². The molecule has 0 saturated heterocycles. The number of halogens is 4. The van der Waals surface area contributed by atoms with Crippen LogP contribution in [0.3, 0.4) is 0 Å². The predicted octanol–water partition coefficient (Wildman–Crippen LogP) is 3.45. The highest BCUT2D eigenvalue weighted by Gasteiger charge is 2.23. The fourth-order valence-electron chi connectivity index (χ4n) is 1.01. The van der Waals surface area contributed by atoms with Gasteiger partial charge in [0.1, 0.15) is 10.7 Å². The molecule has 88 valence electrons. The predicted molar refractivity (Wildman–Crippen MR) is 62.9 cm³/mol. The van der Waals surface area contributed by atoms with Crippen molar-refractivity contribution in [2.24, 2.45) is 0 Å². The molecule has 1 heterocycles. The Balaban J connectivity index is 3.26. The molecule has 0 amide bonds. The topological polar surface area (TPSA) is 39.2 Å². The number of esters is 1. The molecule has 0 N–H and O–H groups in total. The number of carbonyl (C=O) groups excluding carboxylic acids is 1. The van der Waals surface area contributed by atoms with Crippen molar-refractivity contribution < 1.29 is 18.3 Å². The van der Waals surface area contributed by atoms with E-state index in [0.29, 0.717) is 0 Å². The fraction of sp³-hybridized carbons (Fsp3) is 0.333. The number of carbonyl (C=O) groups is 1. The van der Waals surface area contributed by atoms with Crippen LogP contribution in [-0.4, -0.2) is 17.6 Å². The molecule has 0 spiro atoms. The average molecular weight is 362 g/mol. The normalized spacial score (nSPS) is 10.6. The van der Waals surface area contributed by atoms with Crippen LogP contribution in [0.1, 0.15) is 29.3 Å². The van der Waals surface area contributed by atoms with E-state index >= 15 is 0 Å². The number of hydrogen-bond donors (Lipinski definition) is 0. The molecule has 0 aromatic carbocycles. The van der Waals surface area contributed by atoms with Crippen molar-refractivity contribution in [2.75, 3.05) is 6.61 Å². The van der Waals surface area contributed by atoms with E-state index in [1.807, 2.05) is 0 Å². The van der Waals surface area contributed by atoms with E-state index in [9.17, 15) is 13.6 Å². The molecular weight excluding hydrogens is 354 g/mol. The number of rotatable bonds is 3. The van der Waals surface area contributed by atoms with E-state index < -0.39 is 12.4 Å². The van der Waals surface area contributed by atoms with Gasteiger partial charge in [0, 0.05) is 9.77 Å². The van der Waals surface area contributed by atoms with Crippen LogP contribution in [0.15, 0.2) is 6.20 Å². The maximum atomic E-state index is 12.5. The number of ether oxygens (including phenoxy) is 1. The SMILES string of the molecule is CCOC(=O)c1c(Cl)ncc(C(F)F)c1I. The van der Waals surface area contributed by atoms with Gasteiger partial charge in [0.05, 0.1) is 12.2 Å². The molecule has 0 unspecified atom stereocenters. The largest absolute Gasteiger partial charge is 0.462 e. The number of alkyl halides is 2. The second-order valence-corrected chi connectivity index (χ2v) is 4.15. The van der Waals surface area contributed by atoms with Crippen LogP contribution in [0.5, 0.6) is 0 Å². The van der Waals surface area contributed by atoms with Crippen molar-refractivity contribution >= 4 is 40.2 Å². The van der Waals surface area contributed by atoms with Crippen molar-refractivity contribution in [1.29, 1.82) is 0 Å². The Kier molecular flexibility index (Phi) is 4.85. The van der Waals surface area contributed by atoms with Crippen LogP contribution in [0.4, 0.5) is 8.78 Å². The van der Waals surface area contributed by atoms with Gasteiger partial charge in [-0.25, -0.2) is 18.6 Å². The first kappa shape index (κ1) is 13.6. The molecular formula is C9H7ClF2INO2. The summed E-state index contributed by atoms with van der Waals surface area (Å²) in [5.41, 5.74) is -0.435. The first-order chi connectivity index (χ1) is 7.49. The highest BCUT2D eigenvalue weighted by molar-refractivity contribution is 14.1. The van der Waals surface area contributed by atoms with E-state index in [0.717, 1.165) is 6.20 Å². The number of pyridine rings is 1. The van der Waals surface area contributed by atoms with Gasteiger partial charge in [-0.05, 0) is 29.5 Å². The molecule has 0 saturated carbocycles. The molecule has 0 aliphatic heterocycles. The maximum absolute atomic E-state index is 12.5. The van der Waals surface area contributed by atoms with Gasteiger partial charge in [-0.3, -0.25) is 0 Å².